The minimum atomic E-state index is -0.764. The van der Waals surface area contributed by atoms with Crippen molar-refractivity contribution in [3.05, 3.63) is 65.9 Å². The highest BCUT2D eigenvalue weighted by Gasteiger charge is 2.15. The number of aliphatic hydroxyl groups is 1. The van der Waals surface area contributed by atoms with Crippen molar-refractivity contribution in [3.63, 3.8) is 0 Å². The normalized spacial score (nSPS) is 12.1. The molecule has 2 aromatic carbocycles. The number of benzene rings is 2. The molecule has 5 nitrogen and oxygen atoms in total. The van der Waals surface area contributed by atoms with Crippen LogP contribution in [-0.2, 0) is 7.05 Å². The summed E-state index contributed by atoms with van der Waals surface area (Å²) in [5.41, 5.74) is 3.71. The van der Waals surface area contributed by atoms with Gasteiger partial charge in [-0.1, -0.05) is 35.9 Å². The van der Waals surface area contributed by atoms with Crippen molar-refractivity contribution < 1.29 is 9.90 Å². The fraction of sp³-hybridized carbons (Fsp3) is 0.211. The van der Waals surface area contributed by atoms with Crippen LogP contribution in [0.25, 0.3) is 10.9 Å². The van der Waals surface area contributed by atoms with Gasteiger partial charge in [0.15, 0.2) is 0 Å². The van der Waals surface area contributed by atoms with E-state index in [1.54, 1.807) is 0 Å². The zero-order chi connectivity index (χ0) is 17.1. The Morgan fingerprint density at radius 3 is 2.62 bits per heavy atom. The third-order valence-corrected chi connectivity index (χ3v) is 4.05. The first-order valence-corrected chi connectivity index (χ1v) is 7.88. The smallest absolute Gasteiger partial charge is 0.319 e. The molecule has 0 aliphatic carbocycles. The van der Waals surface area contributed by atoms with Gasteiger partial charge in [0.25, 0.3) is 0 Å². The van der Waals surface area contributed by atoms with E-state index in [-0.39, 0.29) is 12.6 Å². The van der Waals surface area contributed by atoms with Gasteiger partial charge < -0.3 is 20.3 Å². The Labute approximate surface area is 140 Å². The molecule has 0 bridgehead atoms. The van der Waals surface area contributed by atoms with Gasteiger partial charge in [0.05, 0.1) is 6.10 Å². The molecule has 1 heterocycles. The van der Waals surface area contributed by atoms with Crippen molar-refractivity contribution >= 4 is 22.6 Å². The molecule has 0 radical (unpaired) electrons. The fourth-order valence-electron chi connectivity index (χ4n) is 2.75. The number of anilines is 1. The second-order valence-electron chi connectivity index (χ2n) is 5.93. The molecule has 24 heavy (non-hydrogen) atoms. The molecular weight excluding hydrogens is 302 g/mol. The largest absolute Gasteiger partial charge is 0.386 e. The number of nitrogens with zero attached hydrogens (tertiary/aromatic N) is 1. The maximum atomic E-state index is 12.0. The maximum absolute atomic E-state index is 12.0. The number of hydrogen-bond donors (Lipinski definition) is 3. The van der Waals surface area contributed by atoms with Gasteiger partial charge in [0, 0.05) is 41.9 Å². The predicted molar refractivity (Wildman–Crippen MR) is 96.1 cm³/mol. The second-order valence-corrected chi connectivity index (χ2v) is 5.93. The minimum absolute atomic E-state index is 0.145. The average molecular weight is 323 g/mol. The lowest BCUT2D eigenvalue weighted by molar-refractivity contribution is 0.176. The van der Waals surface area contributed by atoms with Crippen LogP contribution in [0.1, 0.15) is 17.2 Å². The third kappa shape index (κ3) is 3.41. The van der Waals surface area contributed by atoms with Crippen molar-refractivity contribution in [2.75, 3.05) is 11.9 Å². The highest BCUT2D eigenvalue weighted by molar-refractivity contribution is 5.89. The van der Waals surface area contributed by atoms with Crippen molar-refractivity contribution in [2.24, 2.45) is 7.05 Å². The second kappa shape index (κ2) is 6.76. The van der Waals surface area contributed by atoms with Gasteiger partial charge in [0.2, 0.25) is 0 Å². The summed E-state index contributed by atoms with van der Waals surface area (Å²) in [4.78, 5) is 12.0. The lowest BCUT2D eigenvalue weighted by atomic mass is 10.1. The summed E-state index contributed by atoms with van der Waals surface area (Å²) in [6.07, 6.45) is 1.13. The van der Waals surface area contributed by atoms with Crippen LogP contribution >= 0.6 is 0 Å². The van der Waals surface area contributed by atoms with Gasteiger partial charge in [-0.25, -0.2) is 4.79 Å². The molecule has 0 aliphatic heterocycles. The van der Waals surface area contributed by atoms with E-state index in [2.05, 4.69) is 10.6 Å². The van der Waals surface area contributed by atoms with Crippen LogP contribution in [0, 0.1) is 6.92 Å². The molecule has 3 rings (SSSR count). The summed E-state index contributed by atoms with van der Waals surface area (Å²) in [6, 6.07) is 15.1. The summed E-state index contributed by atoms with van der Waals surface area (Å²) in [5.74, 6) is 0. The minimum Gasteiger partial charge on any atom is -0.386 e. The summed E-state index contributed by atoms with van der Waals surface area (Å²) in [7, 11) is 1.94. The van der Waals surface area contributed by atoms with Crippen molar-refractivity contribution in [2.45, 2.75) is 13.0 Å². The van der Waals surface area contributed by atoms with Crippen molar-refractivity contribution in [3.8, 4) is 0 Å². The first kappa shape index (κ1) is 16.1. The monoisotopic (exact) mass is 323 g/mol. The number of fused-ring (bicyclic) bond motifs is 1. The topological polar surface area (TPSA) is 66.3 Å². The van der Waals surface area contributed by atoms with Crippen molar-refractivity contribution in [1.82, 2.24) is 9.88 Å². The van der Waals surface area contributed by atoms with Gasteiger partial charge in [0.1, 0.15) is 0 Å². The van der Waals surface area contributed by atoms with Gasteiger partial charge >= 0.3 is 6.03 Å². The van der Waals surface area contributed by atoms with Gasteiger partial charge in [-0.15, -0.1) is 0 Å². The zero-order valence-corrected chi connectivity index (χ0v) is 13.8. The number of aliphatic hydroxyl groups excluding tert-OH is 1. The number of para-hydroxylation sites is 1. The van der Waals surface area contributed by atoms with Gasteiger partial charge in [-0.05, 0) is 25.1 Å². The molecule has 0 fully saturated rings. The molecule has 1 atom stereocenters. The number of aromatic nitrogens is 1. The Balaban J connectivity index is 1.63. The molecular formula is C19H21N3O2. The van der Waals surface area contributed by atoms with Crippen molar-refractivity contribution in [1.29, 1.82) is 0 Å². The Morgan fingerprint density at radius 2 is 1.88 bits per heavy atom. The number of aryl methyl sites for hydroxylation is 2. The molecule has 0 saturated carbocycles. The molecule has 0 spiro atoms. The van der Waals surface area contributed by atoms with Crippen LogP contribution in [0.4, 0.5) is 10.5 Å². The lowest BCUT2D eigenvalue weighted by Gasteiger charge is -2.12. The van der Waals surface area contributed by atoms with E-state index in [4.69, 9.17) is 0 Å². The first-order chi connectivity index (χ1) is 11.5. The molecule has 2 amide bonds. The molecule has 124 valence electrons. The van der Waals surface area contributed by atoms with Gasteiger partial charge in [-0.3, -0.25) is 0 Å². The summed E-state index contributed by atoms with van der Waals surface area (Å²) < 4.78 is 1.97. The van der Waals surface area contributed by atoms with Crippen LogP contribution < -0.4 is 10.6 Å². The lowest BCUT2D eigenvalue weighted by Crippen LogP contribution is -2.32. The van der Waals surface area contributed by atoms with E-state index in [0.29, 0.717) is 0 Å². The van der Waals surface area contributed by atoms with Crippen LogP contribution in [0.15, 0.2) is 54.7 Å². The van der Waals surface area contributed by atoms with Crippen LogP contribution in [-0.4, -0.2) is 22.2 Å². The Kier molecular flexibility index (Phi) is 4.53. The summed E-state index contributed by atoms with van der Waals surface area (Å²) in [6.45, 7) is 2.14. The van der Waals surface area contributed by atoms with E-state index in [1.807, 2.05) is 73.3 Å². The summed E-state index contributed by atoms with van der Waals surface area (Å²) >= 11 is 0. The maximum Gasteiger partial charge on any atom is 0.319 e. The van der Waals surface area contributed by atoms with E-state index in [1.165, 1.54) is 0 Å². The number of carbonyl (C=O) groups is 1. The van der Waals surface area contributed by atoms with Crippen LogP contribution in [0.2, 0.25) is 0 Å². The molecule has 3 aromatic rings. The fourth-order valence-corrected chi connectivity index (χ4v) is 2.75. The molecule has 0 aliphatic rings. The van der Waals surface area contributed by atoms with Crippen LogP contribution in [0.3, 0.4) is 0 Å². The quantitative estimate of drug-likeness (QED) is 0.689. The Hall–Kier alpha value is -2.79. The van der Waals surface area contributed by atoms with Crippen LogP contribution in [0.5, 0.6) is 0 Å². The molecule has 1 aromatic heterocycles. The number of hydrogen-bond acceptors (Lipinski definition) is 2. The Bertz CT molecular complexity index is 853. The number of nitrogens with one attached hydrogen (secondary N) is 2. The molecule has 5 heteroatoms. The zero-order valence-electron chi connectivity index (χ0n) is 13.8. The number of rotatable bonds is 4. The standard InChI is InChI=1S/C19H21N3O2/c1-13-7-9-14(10-8-13)21-19(24)20-11-18(23)16-12-22(2)17-6-4-3-5-15(16)17/h3-10,12,18,23H,11H2,1-2H3,(H2,20,21,24). The van der Waals surface area contributed by atoms with E-state index >= 15 is 0 Å². The number of carbonyl (C=O) groups excluding carboxylic acids is 1. The van der Waals surface area contributed by atoms with E-state index in [9.17, 15) is 9.90 Å². The van der Waals surface area contributed by atoms with E-state index < -0.39 is 6.10 Å². The highest BCUT2D eigenvalue weighted by atomic mass is 16.3. The molecule has 3 N–H and O–H groups in total. The number of amides is 2. The third-order valence-electron chi connectivity index (χ3n) is 4.05. The Morgan fingerprint density at radius 1 is 1.17 bits per heavy atom. The predicted octanol–water partition coefficient (Wildman–Crippen LogP) is 3.34. The molecule has 1 unspecified atom stereocenters. The average Bonchev–Trinajstić information content (AvgIpc) is 2.92. The number of urea groups is 1. The first-order valence-electron chi connectivity index (χ1n) is 7.88. The van der Waals surface area contributed by atoms with E-state index in [0.717, 1.165) is 27.7 Å². The summed E-state index contributed by atoms with van der Waals surface area (Å²) in [5, 5.41) is 16.9. The highest BCUT2D eigenvalue weighted by Crippen LogP contribution is 2.25. The van der Waals surface area contributed by atoms with Gasteiger partial charge in [-0.2, -0.15) is 0 Å². The molecule has 0 saturated heterocycles. The SMILES string of the molecule is Cc1ccc(NC(=O)NCC(O)c2cn(C)c3ccccc23)cc1.